The first-order valence-electron chi connectivity index (χ1n) is 8.19. The van der Waals surface area contributed by atoms with Crippen LogP contribution >= 0.6 is 0 Å². The topological polar surface area (TPSA) is 66.8 Å². The highest BCUT2D eigenvalue weighted by Gasteiger charge is 2.57. The second kappa shape index (κ2) is 6.38. The normalized spacial score (nSPS) is 18.4. The van der Waals surface area contributed by atoms with Crippen LogP contribution < -0.4 is 0 Å². The Morgan fingerprint density at radius 2 is 1.67 bits per heavy atom. The Bertz CT molecular complexity index is 704. The molecule has 0 aromatic heterocycles. The highest BCUT2D eigenvalue weighted by molar-refractivity contribution is 5.79. The summed E-state index contributed by atoms with van der Waals surface area (Å²) in [4.78, 5) is 11.6. The molecule has 1 unspecified atom stereocenters. The molecule has 4 heteroatoms. The Kier molecular flexibility index (Phi) is 4.43. The lowest BCUT2D eigenvalue weighted by atomic mass is 9.69. The summed E-state index contributed by atoms with van der Waals surface area (Å²) in [6, 6.07) is 17.9. The molecule has 2 N–H and O–H groups in total. The third-order valence-corrected chi connectivity index (χ3v) is 5.07. The molecule has 1 atom stereocenters. The number of hydrogen-bond acceptors (Lipinski definition) is 3. The van der Waals surface area contributed by atoms with E-state index in [4.69, 9.17) is 4.74 Å². The fraction of sp³-hybridized carbons (Fsp3) is 0.350. The summed E-state index contributed by atoms with van der Waals surface area (Å²) in [7, 11) is 0. The van der Waals surface area contributed by atoms with E-state index in [9.17, 15) is 15.0 Å². The van der Waals surface area contributed by atoms with E-state index < -0.39 is 17.2 Å². The van der Waals surface area contributed by atoms with E-state index >= 15 is 0 Å². The fourth-order valence-corrected chi connectivity index (χ4v) is 3.04. The molecule has 2 aromatic rings. The maximum absolute atomic E-state index is 11.6. The number of ether oxygens (including phenoxy) is 1. The minimum absolute atomic E-state index is 0.153. The number of carboxylic acids is 1. The molecule has 0 amide bonds. The molecule has 1 aliphatic rings. The average molecular weight is 326 g/mol. The van der Waals surface area contributed by atoms with E-state index in [2.05, 4.69) is 0 Å². The van der Waals surface area contributed by atoms with Gasteiger partial charge in [0.15, 0.2) is 5.60 Å². The molecule has 1 fully saturated rings. The number of aliphatic hydroxyl groups is 1. The summed E-state index contributed by atoms with van der Waals surface area (Å²) in [5.74, 6) is -1.12. The van der Waals surface area contributed by atoms with Gasteiger partial charge in [0.2, 0.25) is 0 Å². The number of carboxylic acid groups (broad SMARTS) is 1. The van der Waals surface area contributed by atoms with Gasteiger partial charge in [0.25, 0.3) is 0 Å². The fourth-order valence-electron chi connectivity index (χ4n) is 3.04. The van der Waals surface area contributed by atoms with Crippen molar-refractivity contribution in [2.75, 3.05) is 0 Å². The van der Waals surface area contributed by atoms with Crippen LogP contribution in [0.1, 0.15) is 31.7 Å². The minimum Gasteiger partial charge on any atom is -0.479 e. The highest BCUT2D eigenvalue weighted by atomic mass is 16.5. The van der Waals surface area contributed by atoms with E-state index in [1.807, 2.05) is 54.6 Å². The summed E-state index contributed by atoms with van der Waals surface area (Å²) >= 11 is 0. The lowest BCUT2D eigenvalue weighted by molar-refractivity contribution is -0.225. The Morgan fingerprint density at radius 3 is 2.17 bits per heavy atom. The van der Waals surface area contributed by atoms with Gasteiger partial charge in [-0.15, -0.1) is 0 Å². The standard InChI is InChI=1S/C20H22O4/c1-19(18(21)22,20(23)12-5-13-20)24-14-15-8-10-17(11-9-15)16-6-3-2-4-7-16/h2-4,6-11,23H,5,12-14H2,1H3,(H,21,22). The molecule has 126 valence electrons. The van der Waals surface area contributed by atoms with Gasteiger partial charge in [0, 0.05) is 0 Å². The van der Waals surface area contributed by atoms with E-state index in [0.717, 1.165) is 23.1 Å². The average Bonchev–Trinajstić information content (AvgIpc) is 2.58. The van der Waals surface area contributed by atoms with Crippen LogP contribution in [0.2, 0.25) is 0 Å². The lowest BCUT2D eigenvalue weighted by Gasteiger charge is -2.47. The largest absolute Gasteiger partial charge is 0.479 e. The van der Waals surface area contributed by atoms with E-state index in [1.54, 1.807) is 0 Å². The Labute approximate surface area is 141 Å². The van der Waals surface area contributed by atoms with Crippen molar-refractivity contribution in [2.24, 2.45) is 0 Å². The molecule has 1 aliphatic carbocycles. The van der Waals surface area contributed by atoms with Crippen molar-refractivity contribution in [1.82, 2.24) is 0 Å². The van der Waals surface area contributed by atoms with Crippen molar-refractivity contribution < 1.29 is 19.7 Å². The third-order valence-electron chi connectivity index (χ3n) is 5.07. The zero-order valence-electron chi connectivity index (χ0n) is 13.7. The van der Waals surface area contributed by atoms with Crippen molar-refractivity contribution in [1.29, 1.82) is 0 Å². The van der Waals surface area contributed by atoms with Crippen LogP contribution in [0.5, 0.6) is 0 Å². The molecule has 1 saturated carbocycles. The van der Waals surface area contributed by atoms with Gasteiger partial charge < -0.3 is 14.9 Å². The van der Waals surface area contributed by atoms with Crippen LogP contribution in [0.3, 0.4) is 0 Å². The van der Waals surface area contributed by atoms with Gasteiger partial charge >= 0.3 is 5.97 Å². The molecule has 0 saturated heterocycles. The zero-order valence-corrected chi connectivity index (χ0v) is 13.7. The Morgan fingerprint density at radius 1 is 1.08 bits per heavy atom. The number of rotatable bonds is 6. The van der Waals surface area contributed by atoms with Crippen LogP contribution in [-0.2, 0) is 16.1 Å². The first-order valence-corrected chi connectivity index (χ1v) is 8.19. The van der Waals surface area contributed by atoms with Crippen molar-refractivity contribution in [3.63, 3.8) is 0 Å². The first kappa shape index (κ1) is 16.7. The monoisotopic (exact) mass is 326 g/mol. The zero-order chi connectivity index (χ0) is 17.2. The smallest absolute Gasteiger partial charge is 0.338 e. The second-order valence-electron chi connectivity index (χ2n) is 6.58. The minimum atomic E-state index is -1.58. The van der Waals surface area contributed by atoms with Crippen LogP contribution in [0, 0.1) is 0 Å². The number of hydrogen-bond donors (Lipinski definition) is 2. The molecule has 0 bridgehead atoms. The van der Waals surface area contributed by atoms with Gasteiger partial charge in [-0.25, -0.2) is 4.79 Å². The molecule has 4 nitrogen and oxygen atoms in total. The lowest BCUT2D eigenvalue weighted by Crippen LogP contribution is -2.62. The molecule has 0 radical (unpaired) electrons. The van der Waals surface area contributed by atoms with Crippen molar-refractivity contribution >= 4 is 5.97 Å². The van der Waals surface area contributed by atoms with Crippen molar-refractivity contribution in [2.45, 2.75) is 44.0 Å². The van der Waals surface area contributed by atoms with Crippen LogP contribution in [0.4, 0.5) is 0 Å². The molecule has 2 aromatic carbocycles. The van der Waals surface area contributed by atoms with Gasteiger partial charge in [-0.2, -0.15) is 0 Å². The summed E-state index contributed by atoms with van der Waals surface area (Å²) in [5, 5.41) is 20.0. The maximum Gasteiger partial charge on any atom is 0.338 e. The Hall–Kier alpha value is -2.17. The van der Waals surface area contributed by atoms with Crippen LogP contribution in [0.25, 0.3) is 11.1 Å². The second-order valence-corrected chi connectivity index (χ2v) is 6.58. The van der Waals surface area contributed by atoms with E-state index in [1.165, 1.54) is 6.92 Å². The molecule has 3 rings (SSSR count). The van der Waals surface area contributed by atoms with Crippen molar-refractivity contribution in [3.05, 3.63) is 60.2 Å². The SMILES string of the molecule is CC(OCc1ccc(-c2ccccc2)cc1)(C(=O)O)C1(O)CCC1. The summed E-state index contributed by atoms with van der Waals surface area (Å²) in [6.45, 7) is 1.62. The van der Waals surface area contributed by atoms with Crippen molar-refractivity contribution in [3.8, 4) is 11.1 Å². The summed E-state index contributed by atoms with van der Waals surface area (Å²) < 4.78 is 5.68. The predicted octanol–water partition coefficient (Wildman–Crippen LogP) is 3.63. The molecule has 0 spiro atoms. The molecule has 0 aliphatic heterocycles. The molecular formula is C20H22O4. The van der Waals surface area contributed by atoms with E-state index in [0.29, 0.717) is 12.8 Å². The number of benzene rings is 2. The molecule has 24 heavy (non-hydrogen) atoms. The molecule has 0 heterocycles. The van der Waals surface area contributed by atoms with Gasteiger partial charge in [0.05, 0.1) is 6.61 Å². The Balaban J connectivity index is 1.71. The molecular weight excluding hydrogens is 304 g/mol. The van der Waals surface area contributed by atoms with Crippen LogP contribution in [0.15, 0.2) is 54.6 Å². The predicted molar refractivity (Wildman–Crippen MR) is 91.5 cm³/mol. The van der Waals surface area contributed by atoms with Gasteiger partial charge in [-0.05, 0) is 42.9 Å². The summed E-state index contributed by atoms with van der Waals surface area (Å²) in [5.41, 5.74) is 0.249. The number of aliphatic carboxylic acids is 1. The quantitative estimate of drug-likeness (QED) is 0.851. The first-order chi connectivity index (χ1) is 11.4. The highest BCUT2D eigenvalue weighted by Crippen LogP contribution is 2.43. The maximum atomic E-state index is 11.6. The summed E-state index contributed by atoms with van der Waals surface area (Å²) in [6.07, 6.45) is 1.75. The van der Waals surface area contributed by atoms with E-state index in [-0.39, 0.29) is 6.61 Å². The van der Waals surface area contributed by atoms with Gasteiger partial charge in [-0.3, -0.25) is 0 Å². The third kappa shape index (κ3) is 2.95. The van der Waals surface area contributed by atoms with Gasteiger partial charge in [-0.1, -0.05) is 54.6 Å². The van der Waals surface area contributed by atoms with Crippen LogP contribution in [-0.4, -0.2) is 27.4 Å². The number of carbonyl (C=O) groups is 1. The van der Waals surface area contributed by atoms with Gasteiger partial charge in [0.1, 0.15) is 5.60 Å².